The van der Waals surface area contributed by atoms with Crippen LogP contribution in [0, 0.1) is 22.5 Å². The highest BCUT2D eigenvalue weighted by Gasteiger charge is 2.38. The number of terminal acetylenes is 1. The van der Waals surface area contributed by atoms with Crippen LogP contribution in [0.5, 0.6) is 0 Å². The average Bonchev–Trinajstić information content (AvgIpc) is 2.65. The number of rotatable bonds is 3. The molecule has 7 nitrogen and oxygen atoms in total. The minimum atomic E-state index is -0.781. The number of carbonyl (C=O) groups is 2. The minimum absolute atomic E-state index is 0.0794. The van der Waals surface area contributed by atoms with Crippen LogP contribution in [0.2, 0.25) is 0 Å². The summed E-state index contributed by atoms with van der Waals surface area (Å²) in [5.74, 6) is 1.78. The second-order valence-electron chi connectivity index (χ2n) is 3.86. The van der Waals surface area contributed by atoms with Gasteiger partial charge in [0.25, 0.3) is 11.6 Å². The molecular formula is C12H9N3O4. The first kappa shape index (κ1) is 12.6. The van der Waals surface area contributed by atoms with Gasteiger partial charge in [-0.05, 0) is 6.07 Å². The van der Waals surface area contributed by atoms with Gasteiger partial charge in [-0.15, -0.1) is 12.3 Å². The van der Waals surface area contributed by atoms with Gasteiger partial charge in [0.15, 0.2) is 0 Å². The van der Waals surface area contributed by atoms with Crippen molar-refractivity contribution in [1.82, 2.24) is 5.32 Å². The number of hydrogen-bond acceptors (Lipinski definition) is 4. The quantitative estimate of drug-likeness (QED) is 0.380. The smallest absolute Gasteiger partial charge is 0.324 e. The fraction of sp³-hybridized carbons (Fsp3) is 0.167. The summed E-state index contributed by atoms with van der Waals surface area (Å²) in [4.78, 5) is 34.6. The van der Waals surface area contributed by atoms with E-state index < -0.39 is 22.9 Å². The van der Waals surface area contributed by atoms with Gasteiger partial charge < -0.3 is 5.32 Å². The van der Waals surface area contributed by atoms with Gasteiger partial charge in [0.05, 0.1) is 10.6 Å². The molecule has 2 rings (SSSR count). The number of urea groups is 1. The van der Waals surface area contributed by atoms with E-state index in [4.69, 9.17) is 6.42 Å². The highest BCUT2D eigenvalue weighted by Crippen LogP contribution is 2.24. The molecule has 1 aromatic carbocycles. The topological polar surface area (TPSA) is 92.6 Å². The second kappa shape index (κ2) is 4.78. The summed E-state index contributed by atoms with van der Waals surface area (Å²) in [7, 11) is 0. The molecule has 7 heteroatoms. The van der Waals surface area contributed by atoms with Crippen LogP contribution in [-0.2, 0) is 4.79 Å². The Balaban J connectivity index is 2.34. The van der Waals surface area contributed by atoms with Crippen molar-refractivity contribution < 1.29 is 14.5 Å². The van der Waals surface area contributed by atoms with E-state index in [1.165, 1.54) is 18.2 Å². The molecule has 1 saturated heterocycles. The first-order valence-corrected chi connectivity index (χ1v) is 5.37. The summed E-state index contributed by atoms with van der Waals surface area (Å²) in [5, 5.41) is 13.1. The van der Waals surface area contributed by atoms with Crippen molar-refractivity contribution in [3.05, 3.63) is 34.4 Å². The zero-order valence-electron chi connectivity index (χ0n) is 9.70. The molecule has 3 amide bonds. The molecule has 1 heterocycles. The van der Waals surface area contributed by atoms with Gasteiger partial charge in [0, 0.05) is 18.6 Å². The van der Waals surface area contributed by atoms with E-state index in [9.17, 15) is 19.7 Å². The van der Waals surface area contributed by atoms with Crippen LogP contribution >= 0.6 is 0 Å². The number of carbonyl (C=O) groups excluding carboxylic acids is 2. The van der Waals surface area contributed by atoms with Gasteiger partial charge in [-0.1, -0.05) is 6.07 Å². The molecule has 0 spiro atoms. The van der Waals surface area contributed by atoms with E-state index in [0.29, 0.717) is 0 Å². The Morgan fingerprint density at radius 1 is 1.47 bits per heavy atom. The monoisotopic (exact) mass is 259 g/mol. The first-order valence-electron chi connectivity index (χ1n) is 5.37. The third kappa shape index (κ3) is 2.24. The standard InChI is InChI=1S/C12H9N3O4/c1-2-4-10-11(16)14(12(17)13-10)8-5-3-6-9(7-8)15(18)19/h1,3,5-7,10H,4H2,(H,13,17). The van der Waals surface area contributed by atoms with Crippen molar-refractivity contribution in [2.45, 2.75) is 12.5 Å². The summed E-state index contributed by atoms with van der Waals surface area (Å²) >= 11 is 0. The fourth-order valence-electron chi connectivity index (χ4n) is 1.78. The molecule has 0 radical (unpaired) electrons. The van der Waals surface area contributed by atoms with Crippen molar-refractivity contribution in [3.63, 3.8) is 0 Å². The Morgan fingerprint density at radius 3 is 2.84 bits per heavy atom. The summed E-state index contributed by atoms with van der Waals surface area (Å²) in [5.41, 5.74) is -0.0466. The second-order valence-corrected chi connectivity index (χ2v) is 3.86. The number of benzene rings is 1. The van der Waals surface area contributed by atoms with Crippen LogP contribution in [0.1, 0.15) is 6.42 Å². The van der Waals surface area contributed by atoms with Gasteiger partial charge in [-0.25, -0.2) is 9.69 Å². The van der Waals surface area contributed by atoms with Gasteiger partial charge >= 0.3 is 6.03 Å². The Kier molecular flexibility index (Phi) is 3.16. The zero-order valence-corrected chi connectivity index (χ0v) is 9.70. The first-order chi connectivity index (χ1) is 9.04. The van der Waals surface area contributed by atoms with Crippen LogP contribution in [0.4, 0.5) is 16.2 Å². The van der Waals surface area contributed by atoms with Crippen molar-refractivity contribution in [2.24, 2.45) is 0 Å². The molecule has 1 aliphatic heterocycles. The molecule has 1 N–H and O–H groups in total. The van der Waals surface area contributed by atoms with Crippen LogP contribution in [0.15, 0.2) is 24.3 Å². The van der Waals surface area contributed by atoms with Gasteiger partial charge in [0.1, 0.15) is 6.04 Å². The van der Waals surface area contributed by atoms with Gasteiger partial charge in [-0.3, -0.25) is 14.9 Å². The van der Waals surface area contributed by atoms with E-state index in [1.54, 1.807) is 0 Å². The van der Waals surface area contributed by atoms with Gasteiger partial charge in [0.2, 0.25) is 0 Å². The van der Waals surface area contributed by atoms with E-state index in [1.807, 2.05) is 0 Å². The Hall–Kier alpha value is -2.88. The average molecular weight is 259 g/mol. The summed E-state index contributed by atoms with van der Waals surface area (Å²) < 4.78 is 0. The Bertz CT molecular complexity index is 605. The number of nitro benzene ring substituents is 1. The van der Waals surface area contributed by atoms with Crippen LogP contribution in [0.3, 0.4) is 0 Å². The highest BCUT2D eigenvalue weighted by atomic mass is 16.6. The SMILES string of the molecule is C#CCC1NC(=O)N(c2cccc([N+](=O)[O-])c2)C1=O. The number of amides is 3. The fourth-order valence-corrected chi connectivity index (χ4v) is 1.78. The normalized spacial score (nSPS) is 18.1. The maximum absolute atomic E-state index is 12.0. The van der Waals surface area contributed by atoms with Crippen molar-refractivity contribution in [1.29, 1.82) is 0 Å². The molecule has 0 bridgehead atoms. The van der Waals surface area contributed by atoms with Crippen LogP contribution in [0.25, 0.3) is 0 Å². The molecular weight excluding hydrogens is 250 g/mol. The summed E-state index contributed by atoms with van der Waals surface area (Å²) in [6.45, 7) is 0. The minimum Gasteiger partial charge on any atom is -0.324 e. The molecule has 1 atom stereocenters. The van der Waals surface area contributed by atoms with E-state index in [-0.39, 0.29) is 17.8 Å². The summed E-state index contributed by atoms with van der Waals surface area (Å²) in [6.07, 6.45) is 5.18. The van der Waals surface area contributed by atoms with E-state index in [2.05, 4.69) is 11.2 Å². The van der Waals surface area contributed by atoms with Crippen molar-refractivity contribution >= 4 is 23.3 Å². The Morgan fingerprint density at radius 2 is 2.21 bits per heavy atom. The highest BCUT2D eigenvalue weighted by molar-refractivity contribution is 6.21. The van der Waals surface area contributed by atoms with Gasteiger partial charge in [-0.2, -0.15) is 0 Å². The molecule has 0 aromatic heterocycles. The molecule has 1 unspecified atom stereocenters. The van der Waals surface area contributed by atoms with Crippen LogP contribution in [-0.4, -0.2) is 22.9 Å². The molecule has 19 heavy (non-hydrogen) atoms. The summed E-state index contributed by atoms with van der Waals surface area (Å²) in [6, 6.07) is 3.88. The maximum Gasteiger partial charge on any atom is 0.329 e. The number of non-ortho nitro benzene ring substituents is 1. The lowest BCUT2D eigenvalue weighted by Crippen LogP contribution is -2.31. The Labute approximate surface area is 108 Å². The van der Waals surface area contributed by atoms with E-state index in [0.717, 1.165) is 11.0 Å². The third-order valence-electron chi connectivity index (χ3n) is 2.64. The lowest BCUT2D eigenvalue weighted by molar-refractivity contribution is -0.384. The van der Waals surface area contributed by atoms with Crippen molar-refractivity contribution in [3.8, 4) is 12.3 Å². The zero-order chi connectivity index (χ0) is 14.0. The molecule has 1 aromatic rings. The molecule has 1 fully saturated rings. The molecule has 0 aliphatic carbocycles. The number of anilines is 1. The predicted molar refractivity (Wildman–Crippen MR) is 66.4 cm³/mol. The van der Waals surface area contributed by atoms with Crippen molar-refractivity contribution in [2.75, 3.05) is 4.90 Å². The lowest BCUT2D eigenvalue weighted by Gasteiger charge is -2.12. The van der Waals surface area contributed by atoms with E-state index >= 15 is 0 Å². The number of nitro groups is 1. The number of hydrogen-bond donors (Lipinski definition) is 1. The number of nitrogens with zero attached hydrogens (tertiary/aromatic N) is 2. The maximum atomic E-state index is 12.0. The van der Waals surface area contributed by atoms with Crippen LogP contribution < -0.4 is 10.2 Å². The molecule has 0 saturated carbocycles. The largest absolute Gasteiger partial charge is 0.329 e. The lowest BCUT2D eigenvalue weighted by atomic mass is 10.2. The molecule has 96 valence electrons. The number of imide groups is 1. The third-order valence-corrected chi connectivity index (χ3v) is 2.64. The predicted octanol–water partition coefficient (Wildman–Crippen LogP) is 1.04. The molecule has 1 aliphatic rings. The number of nitrogens with one attached hydrogen (secondary N) is 1.